The molecule has 124 valence electrons. The Balaban J connectivity index is 1.69. The number of alkyl halides is 1. The van der Waals surface area contributed by atoms with Crippen molar-refractivity contribution in [2.75, 3.05) is 12.4 Å². The van der Waals surface area contributed by atoms with Crippen molar-refractivity contribution in [2.45, 2.75) is 30.8 Å². The summed E-state index contributed by atoms with van der Waals surface area (Å²) in [6.07, 6.45) is 1.43. The van der Waals surface area contributed by atoms with Gasteiger partial charge in [-0.2, -0.15) is 5.26 Å². The molecule has 1 fully saturated rings. The van der Waals surface area contributed by atoms with Crippen LogP contribution in [0.3, 0.4) is 0 Å². The maximum atomic E-state index is 13.0. The summed E-state index contributed by atoms with van der Waals surface area (Å²) in [7, 11) is 0. The molecular weight excluding hydrogens is 323 g/mol. The highest BCUT2D eigenvalue weighted by Crippen LogP contribution is 2.38. The lowest BCUT2D eigenvalue weighted by atomic mass is 9.75. The minimum atomic E-state index is -0.536. The summed E-state index contributed by atoms with van der Waals surface area (Å²) < 4.78 is 13.0. The van der Waals surface area contributed by atoms with E-state index in [1.54, 1.807) is 0 Å². The average Bonchev–Trinajstić information content (AvgIpc) is 3.34. The van der Waals surface area contributed by atoms with E-state index in [9.17, 15) is 9.65 Å². The fourth-order valence-electron chi connectivity index (χ4n) is 3.29. The van der Waals surface area contributed by atoms with Crippen molar-refractivity contribution in [1.82, 2.24) is 4.90 Å². The van der Waals surface area contributed by atoms with Crippen LogP contribution in [0.1, 0.15) is 24.0 Å². The second-order valence-electron chi connectivity index (χ2n) is 6.41. The lowest BCUT2D eigenvalue weighted by Crippen LogP contribution is -2.28. The predicted molar refractivity (Wildman–Crippen MR) is 94.3 cm³/mol. The Morgan fingerprint density at radius 2 is 1.88 bits per heavy atom. The fraction of sp³-hybridized carbons (Fsp3) is 0.350. The van der Waals surface area contributed by atoms with Crippen LogP contribution in [0.15, 0.2) is 54.6 Å². The zero-order valence-electron chi connectivity index (χ0n) is 13.5. The molecule has 0 radical (unpaired) electrons. The van der Waals surface area contributed by atoms with Gasteiger partial charge >= 0.3 is 0 Å². The molecule has 2 aromatic rings. The molecule has 1 heterocycles. The normalized spacial score (nSPS) is 21.7. The summed E-state index contributed by atoms with van der Waals surface area (Å²) >= 11 is 6.00. The van der Waals surface area contributed by atoms with E-state index in [0.717, 1.165) is 30.6 Å². The second kappa shape index (κ2) is 7.34. The maximum absolute atomic E-state index is 13.0. The van der Waals surface area contributed by atoms with Gasteiger partial charge in [0.15, 0.2) is 0 Å². The number of rotatable bonds is 7. The summed E-state index contributed by atoms with van der Waals surface area (Å²) in [5.41, 5.74) is 1.60. The second-order valence-corrected chi connectivity index (χ2v) is 6.79. The highest BCUT2D eigenvalue weighted by atomic mass is 35.5. The quantitative estimate of drug-likeness (QED) is 0.547. The Kier molecular flexibility index (Phi) is 5.18. The van der Waals surface area contributed by atoms with Crippen molar-refractivity contribution in [3.05, 3.63) is 71.5 Å². The van der Waals surface area contributed by atoms with Gasteiger partial charge in [0, 0.05) is 25.0 Å². The van der Waals surface area contributed by atoms with Gasteiger partial charge in [0.25, 0.3) is 0 Å². The molecule has 1 unspecified atom stereocenters. The molecular formula is C20H20ClFN2. The Labute approximate surface area is 147 Å². The van der Waals surface area contributed by atoms with Crippen molar-refractivity contribution in [3.8, 4) is 6.07 Å². The van der Waals surface area contributed by atoms with Gasteiger partial charge in [0.2, 0.25) is 0 Å². The van der Waals surface area contributed by atoms with Crippen LogP contribution < -0.4 is 0 Å². The van der Waals surface area contributed by atoms with Crippen LogP contribution in [-0.2, 0) is 12.0 Å². The summed E-state index contributed by atoms with van der Waals surface area (Å²) in [6.45, 7) is 1.76. The van der Waals surface area contributed by atoms with Crippen LogP contribution in [0.2, 0.25) is 0 Å². The third kappa shape index (κ3) is 3.77. The molecule has 3 atom stereocenters. The molecule has 0 saturated carbocycles. The lowest BCUT2D eigenvalue weighted by Gasteiger charge is -2.26. The first-order valence-corrected chi connectivity index (χ1v) is 8.71. The monoisotopic (exact) mass is 342 g/mol. The topological polar surface area (TPSA) is 26.8 Å². The SMILES string of the molecule is N#C[C@@](CCCl)(C[C@@H]1CN1Cc1ccc(F)cc1)c1ccccc1. The molecule has 24 heavy (non-hydrogen) atoms. The number of hydrogen-bond donors (Lipinski definition) is 0. The number of benzene rings is 2. The number of nitriles is 1. The van der Waals surface area contributed by atoms with Gasteiger partial charge in [-0.15, -0.1) is 11.6 Å². The largest absolute Gasteiger partial charge is 0.293 e. The number of hydrogen-bond acceptors (Lipinski definition) is 2. The minimum absolute atomic E-state index is 0.212. The Morgan fingerprint density at radius 3 is 2.50 bits per heavy atom. The van der Waals surface area contributed by atoms with Gasteiger partial charge < -0.3 is 0 Å². The van der Waals surface area contributed by atoms with Crippen molar-refractivity contribution < 1.29 is 4.39 Å². The molecule has 4 heteroatoms. The number of halogens is 2. The minimum Gasteiger partial charge on any atom is -0.293 e. The molecule has 0 bridgehead atoms. The van der Waals surface area contributed by atoms with Crippen molar-refractivity contribution in [1.29, 1.82) is 5.26 Å². The summed E-state index contributed by atoms with van der Waals surface area (Å²) in [6, 6.07) is 19.5. The van der Waals surface area contributed by atoms with E-state index >= 15 is 0 Å². The predicted octanol–water partition coefficient (Wildman–Crippen LogP) is 4.49. The molecule has 0 N–H and O–H groups in total. The van der Waals surface area contributed by atoms with E-state index in [0.29, 0.717) is 18.3 Å². The molecule has 0 spiro atoms. The van der Waals surface area contributed by atoms with Gasteiger partial charge in [-0.3, -0.25) is 4.90 Å². The molecule has 3 rings (SSSR count). The zero-order valence-corrected chi connectivity index (χ0v) is 14.2. The molecule has 1 aliphatic rings. The van der Waals surface area contributed by atoms with Crippen LogP contribution in [0, 0.1) is 17.1 Å². The van der Waals surface area contributed by atoms with E-state index in [1.807, 2.05) is 42.5 Å². The Morgan fingerprint density at radius 1 is 1.17 bits per heavy atom. The Bertz CT molecular complexity index is 711. The van der Waals surface area contributed by atoms with Crippen LogP contribution in [-0.4, -0.2) is 23.4 Å². The fourth-order valence-corrected chi connectivity index (χ4v) is 3.61. The van der Waals surface area contributed by atoms with Crippen LogP contribution >= 0.6 is 11.6 Å². The smallest absolute Gasteiger partial charge is 0.123 e. The summed E-state index contributed by atoms with van der Waals surface area (Å²) in [5, 5.41) is 9.88. The first-order valence-electron chi connectivity index (χ1n) is 8.18. The summed E-state index contributed by atoms with van der Waals surface area (Å²) in [4.78, 5) is 2.32. The first kappa shape index (κ1) is 17.0. The van der Waals surface area contributed by atoms with Gasteiger partial charge in [-0.25, -0.2) is 4.39 Å². The standard InChI is InChI=1S/C20H20ClFN2/c21-11-10-20(15-23,17-4-2-1-3-5-17)12-19-14-24(19)13-16-6-8-18(22)9-7-16/h1-9,19H,10-14H2/t19-,20-,24?/m1/s1. The van der Waals surface area contributed by atoms with Crippen LogP contribution in [0.4, 0.5) is 4.39 Å². The van der Waals surface area contributed by atoms with E-state index in [2.05, 4.69) is 11.0 Å². The molecule has 2 nitrogen and oxygen atoms in total. The van der Waals surface area contributed by atoms with E-state index in [-0.39, 0.29) is 5.82 Å². The maximum Gasteiger partial charge on any atom is 0.123 e. The summed E-state index contributed by atoms with van der Waals surface area (Å²) in [5.74, 6) is 0.253. The van der Waals surface area contributed by atoms with Gasteiger partial charge in [0.05, 0.1) is 11.5 Å². The highest BCUT2D eigenvalue weighted by Gasteiger charge is 2.43. The molecule has 0 amide bonds. The van der Waals surface area contributed by atoms with Crippen molar-refractivity contribution >= 4 is 11.6 Å². The van der Waals surface area contributed by atoms with Gasteiger partial charge in [-0.05, 0) is 36.1 Å². The molecule has 0 aliphatic carbocycles. The average molecular weight is 343 g/mol. The van der Waals surface area contributed by atoms with Gasteiger partial charge in [0.1, 0.15) is 5.82 Å². The first-order chi connectivity index (χ1) is 11.7. The Hall–Kier alpha value is -1.89. The molecule has 1 aliphatic heterocycles. The lowest BCUT2D eigenvalue weighted by molar-refractivity contribution is 0.413. The van der Waals surface area contributed by atoms with E-state index in [4.69, 9.17) is 11.6 Å². The van der Waals surface area contributed by atoms with Gasteiger partial charge in [-0.1, -0.05) is 42.5 Å². The van der Waals surface area contributed by atoms with Crippen LogP contribution in [0.25, 0.3) is 0 Å². The zero-order chi connectivity index (χ0) is 17.0. The number of nitrogens with zero attached hydrogens (tertiary/aromatic N) is 2. The van der Waals surface area contributed by atoms with E-state index < -0.39 is 5.41 Å². The third-order valence-corrected chi connectivity index (χ3v) is 4.96. The molecule has 1 saturated heterocycles. The van der Waals surface area contributed by atoms with Crippen molar-refractivity contribution in [2.24, 2.45) is 0 Å². The molecule has 2 aromatic carbocycles. The third-order valence-electron chi connectivity index (χ3n) is 4.77. The van der Waals surface area contributed by atoms with E-state index in [1.165, 1.54) is 12.1 Å². The van der Waals surface area contributed by atoms with Crippen LogP contribution in [0.5, 0.6) is 0 Å². The van der Waals surface area contributed by atoms with Crippen molar-refractivity contribution in [3.63, 3.8) is 0 Å². The molecule has 0 aromatic heterocycles. The highest BCUT2D eigenvalue weighted by molar-refractivity contribution is 6.17.